The molecule has 0 aliphatic heterocycles. The van der Waals surface area contributed by atoms with E-state index in [4.69, 9.17) is 0 Å². The molecule has 120 valence electrons. The maximum atomic E-state index is 2.90. The molecule has 0 N–H and O–H groups in total. The molecule has 0 aromatic rings. The van der Waals surface area contributed by atoms with Gasteiger partial charge in [-0.25, -0.2) is 0 Å². The lowest BCUT2D eigenvalue weighted by molar-refractivity contribution is 1.79. The smallest absolute Gasteiger partial charge is 0.0736 e. The molecule has 0 amide bonds. The molecule has 0 spiro atoms. The van der Waals surface area contributed by atoms with Crippen LogP contribution in [0.4, 0.5) is 0 Å². The van der Waals surface area contributed by atoms with Crippen molar-refractivity contribution < 1.29 is 0 Å². The molecule has 0 unspecified atom stereocenters. The molecule has 0 aromatic carbocycles. The van der Waals surface area contributed by atoms with E-state index in [2.05, 4.69) is 110 Å². The number of hydrogen-bond acceptors (Lipinski definition) is 0. The summed E-state index contributed by atoms with van der Waals surface area (Å²) in [5, 5.41) is 0. The van der Waals surface area contributed by atoms with Gasteiger partial charge in [-0.3, -0.25) is 0 Å². The first-order valence-corrected chi connectivity index (χ1v) is 25.7. The van der Waals surface area contributed by atoms with E-state index in [-0.39, 0.29) is 4.81 Å². The summed E-state index contributed by atoms with van der Waals surface area (Å²) in [6, 6.07) is 0. The van der Waals surface area contributed by atoms with E-state index in [1.165, 1.54) is 0 Å². The van der Waals surface area contributed by atoms with E-state index in [0.717, 1.165) is 0 Å². The quantitative estimate of drug-likeness (QED) is 0.242. The number of rotatable bonds is 4. The van der Waals surface area contributed by atoms with E-state index < -0.39 is 32.3 Å². The Labute approximate surface area is 146 Å². The fraction of sp³-hybridized carbons (Fsp3) is 0.857. The Hall–Kier alpha value is 1.64. The first-order chi connectivity index (χ1) is 8.40. The van der Waals surface area contributed by atoms with Crippen molar-refractivity contribution in [1.82, 2.24) is 0 Å². The standard InChI is InChI=1S/C14H36IPSi4/c1-17(2,3)13(18(4,5)6)16(15)14(19(7,8)9)20(10,11)12/h1-12H3. The normalized spacial score (nSPS) is 14.2. The van der Waals surface area contributed by atoms with Crippen molar-refractivity contribution in [1.29, 1.82) is 0 Å². The third-order valence-corrected chi connectivity index (χ3v) is 37.8. The first-order valence-electron chi connectivity index (χ1n) is 7.62. The van der Waals surface area contributed by atoms with Crippen LogP contribution in [0.3, 0.4) is 0 Å². The molecule has 6 heteroatoms. The van der Waals surface area contributed by atoms with E-state index in [0.29, 0.717) is 0 Å². The second-order valence-corrected chi connectivity index (χ2v) is 37.0. The SMILES string of the molecule is C[Si](C)(C)C(=P(I)=C([Si](C)(C)C)[Si](C)(C)C)[Si](C)(C)C. The van der Waals surface area contributed by atoms with E-state index in [1.54, 1.807) is 0 Å². The minimum Gasteiger partial charge on any atom is -0.0774 e. The minimum atomic E-state index is -1.18. The summed E-state index contributed by atoms with van der Waals surface area (Å²) in [7, 11) is -4.73. The van der Waals surface area contributed by atoms with E-state index in [1.807, 2.05) is 0 Å². The highest BCUT2D eigenvalue weighted by molar-refractivity contribution is 14.2. The van der Waals surface area contributed by atoms with Crippen LogP contribution in [0.1, 0.15) is 0 Å². The van der Waals surface area contributed by atoms with Crippen molar-refractivity contribution in [3.05, 3.63) is 0 Å². The van der Waals surface area contributed by atoms with Crippen LogP contribution in [0.5, 0.6) is 0 Å². The summed E-state index contributed by atoms with van der Waals surface area (Å²) >= 11 is 2.90. The minimum absolute atomic E-state index is 0.00942. The number of hydrogen-bond donors (Lipinski definition) is 0. The van der Waals surface area contributed by atoms with Crippen molar-refractivity contribution >= 4 is 68.2 Å². The molecule has 0 aliphatic carbocycles. The predicted molar refractivity (Wildman–Crippen MR) is 124 cm³/mol. The molecule has 0 saturated carbocycles. The maximum Gasteiger partial charge on any atom is 0.0736 e. The van der Waals surface area contributed by atoms with Crippen LogP contribution in [0.2, 0.25) is 78.6 Å². The zero-order chi connectivity index (χ0) is 16.7. The van der Waals surface area contributed by atoms with Gasteiger partial charge < -0.3 is 0 Å². The van der Waals surface area contributed by atoms with Crippen molar-refractivity contribution in [3.8, 4) is 0 Å². The third kappa shape index (κ3) is 6.03. The molecule has 0 aromatic heterocycles. The van der Waals surface area contributed by atoms with Crippen molar-refractivity contribution in [2.45, 2.75) is 78.6 Å². The molecule has 0 heterocycles. The zero-order valence-electron chi connectivity index (χ0n) is 15.8. The second-order valence-electron chi connectivity index (χ2n) is 9.98. The molecule has 0 bridgehead atoms. The summed E-state index contributed by atoms with van der Waals surface area (Å²) in [6.07, 6.45) is 0. The van der Waals surface area contributed by atoms with E-state index in [9.17, 15) is 0 Å². The van der Waals surface area contributed by atoms with Gasteiger partial charge in [-0.05, 0) is 22.0 Å². The Morgan fingerprint density at radius 1 is 0.500 bits per heavy atom. The Bertz CT molecular complexity index is 376. The van der Waals surface area contributed by atoms with Crippen LogP contribution >= 0.6 is 26.9 Å². The van der Waals surface area contributed by atoms with Gasteiger partial charge in [0.2, 0.25) is 0 Å². The average Bonchev–Trinajstić information content (AvgIpc) is 1.88. The van der Waals surface area contributed by atoms with Crippen LogP contribution < -0.4 is 0 Å². The summed E-state index contributed by atoms with van der Waals surface area (Å²) in [5.74, 6) is 0. The summed E-state index contributed by atoms with van der Waals surface area (Å²) in [4.78, 5) is -0.00942. The third-order valence-electron chi connectivity index (χ3n) is 3.23. The van der Waals surface area contributed by atoms with Gasteiger partial charge in [0.25, 0.3) is 0 Å². The Kier molecular flexibility index (Phi) is 7.18. The van der Waals surface area contributed by atoms with Gasteiger partial charge in [0.15, 0.2) is 0 Å². The van der Waals surface area contributed by atoms with Gasteiger partial charge in [0.05, 0.1) is 32.3 Å². The van der Waals surface area contributed by atoms with Gasteiger partial charge >= 0.3 is 0 Å². The largest absolute Gasteiger partial charge is 0.0774 e. The fourth-order valence-electron chi connectivity index (χ4n) is 3.54. The Balaban J connectivity index is 6.95. The molecule has 20 heavy (non-hydrogen) atoms. The molecule has 0 fully saturated rings. The highest BCUT2D eigenvalue weighted by Crippen LogP contribution is 2.39. The number of halogens is 1. The lowest BCUT2D eigenvalue weighted by atomic mass is 11.7. The lowest BCUT2D eigenvalue weighted by Gasteiger charge is -2.36. The second kappa shape index (κ2) is 6.63. The Morgan fingerprint density at radius 3 is 0.750 bits per heavy atom. The van der Waals surface area contributed by atoms with Gasteiger partial charge in [0.1, 0.15) is 0 Å². The molecule has 0 saturated heterocycles. The van der Waals surface area contributed by atoms with Gasteiger partial charge in [0, 0.05) is 0 Å². The molecule has 0 nitrogen and oxygen atoms in total. The van der Waals surface area contributed by atoms with Gasteiger partial charge in [-0.2, -0.15) is 0 Å². The molecule has 0 radical (unpaired) electrons. The van der Waals surface area contributed by atoms with Crippen LogP contribution in [-0.2, 0) is 0 Å². The monoisotopic (exact) mass is 474 g/mol. The summed E-state index contributed by atoms with van der Waals surface area (Å²) < 4.78 is 4.14. The lowest BCUT2D eigenvalue weighted by Crippen LogP contribution is -2.52. The van der Waals surface area contributed by atoms with Crippen molar-refractivity contribution in [2.75, 3.05) is 0 Å². The first kappa shape index (κ1) is 21.6. The van der Waals surface area contributed by atoms with Crippen LogP contribution in [-0.4, -0.2) is 41.4 Å². The zero-order valence-corrected chi connectivity index (χ0v) is 22.9. The maximum absolute atomic E-state index is 2.90. The molecular weight excluding hydrogens is 438 g/mol. The predicted octanol–water partition coefficient (Wildman–Crippen LogP) is 6.67. The Morgan fingerprint density at radius 2 is 0.650 bits per heavy atom. The highest BCUT2D eigenvalue weighted by atomic mass is 127. The van der Waals surface area contributed by atoms with Crippen LogP contribution in [0, 0.1) is 0 Å². The molecule has 0 atom stereocenters. The van der Waals surface area contributed by atoms with Crippen molar-refractivity contribution in [3.63, 3.8) is 0 Å². The van der Waals surface area contributed by atoms with Crippen LogP contribution in [0.15, 0.2) is 0 Å². The van der Waals surface area contributed by atoms with Gasteiger partial charge in [-0.1, -0.05) is 92.5 Å². The summed E-state index contributed by atoms with van der Waals surface area (Å²) in [5.41, 5.74) is 0. The van der Waals surface area contributed by atoms with Gasteiger partial charge in [-0.15, -0.1) is 0 Å². The van der Waals surface area contributed by atoms with Crippen molar-refractivity contribution in [2.24, 2.45) is 0 Å². The fourth-order valence-corrected chi connectivity index (χ4v) is 59.9. The van der Waals surface area contributed by atoms with Crippen LogP contribution in [0.25, 0.3) is 0 Å². The molecule has 0 aliphatic rings. The average molecular weight is 475 g/mol. The topological polar surface area (TPSA) is 0 Å². The summed E-state index contributed by atoms with van der Waals surface area (Å²) in [6.45, 7) is 31.0. The molecule has 0 rings (SSSR count). The van der Waals surface area contributed by atoms with E-state index >= 15 is 0 Å². The molecular formula is C14H36IPSi4. The highest BCUT2D eigenvalue weighted by Gasteiger charge is 2.37.